The molecule has 1 aromatic heterocycles. The molecule has 1 fully saturated rings. The van der Waals surface area contributed by atoms with Crippen LogP contribution >= 0.6 is 15.9 Å². The van der Waals surface area contributed by atoms with Crippen molar-refractivity contribution in [3.8, 4) is 0 Å². The molecule has 1 amide bonds. The molecule has 6 heteroatoms. The summed E-state index contributed by atoms with van der Waals surface area (Å²) in [4.78, 5) is 21.4. The number of aryl methyl sites for hydroxylation is 1. The average Bonchev–Trinajstić information content (AvgIpc) is 2.73. The summed E-state index contributed by atoms with van der Waals surface area (Å²) in [6.45, 7) is 6.02. The number of aromatic nitrogens is 1. The number of benzene rings is 1. The van der Waals surface area contributed by atoms with Gasteiger partial charge in [0.15, 0.2) is 0 Å². The van der Waals surface area contributed by atoms with Gasteiger partial charge in [-0.3, -0.25) is 14.7 Å². The van der Waals surface area contributed by atoms with Gasteiger partial charge in [-0.05, 0) is 48.2 Å². The molecule has 1 saturated heterocycles. The van der Waals surface area contributed by atoms with Crippen molar-refractivity contribution < 1.29 is 9.53 Å². The largest absolute Gasteiger partial charge is 0.379 e. The smallest absolute Gasteiger partial charge is 0.223 e. The standard InChI is InChI=1S/C22H28BrN3O2/c23-21-4-1-3-19(17-21)5-6-22(27)26(18-20-7-9-24-10-8-20)12-2-11-25-13-15-28-16-14-25/h1,3-4,7-10,17H,2,5-6,11-16,18H2. The van der Waals surface area contributed by atoms with Crippen LogP contribution in [0.1, 0.15) is 24.0 Å². The van der Waals surface area contributed by atoms with Crippen molar-refractivity contribution >= 4 is 21.8 Å². The van der Waals surface area contributed by atoms with E-state index in [1.54, 1.807) is 12.4 Å². The predicted octanol–water partition coefficient (Wildman–Crippen LogP) is 3.53. The molecule has 0 atom stereocenters. The molecule has 2 heterocycles. The Kier molecular flexibility index (Phi) is 8.45. The molecule has 1 aliphatic heterocycles. The lowest BCUT2D eigenvalue weighted by Gasteiger charge is -2.28. The zero-order valence-electron chi connectivity index (χ0n) is 16.2. The molecule has 0 N–H and O–H groups in total. The summed E-state index contributed by atoms with van der Waals surface area (Å²) in [5.74, 6) is 0.207. The predicted molar refractivity (Wildman–Crippen MR) is 114 cm³/mol. The summed E-state index contributed by atoms with van der Waals surface area (Å²) in [5, 5.41) is 0. The summed E-state index contributed by atoms with van der Waals surface area (Å²) < 4.78 is 6.46. The first-order valence-corrected chi connectivity index (χ1v) is 10.7. The van der Waals surface area contributed by atoms with Crippen molar-refractivity contribution in [1.82, 2.24) is 14.8 Å². The van der Waals surface area contributed by atoms with Crippen LogP contribution in [0.2, 0.25) is 0 Å². The summed E-state index contributed by atoms with van der Waals surface area (Å²) in [7, 11) is 0. The molecule has 5 nitrogen and oxygen atoms in total. The van der Waals surface area contributed by atoms with Crippen LogP contribution in [0.5, 0.6) is 0 Å². The molecular formula is C22H28BrN3O2. The van der Waals surface area contributed by atoms with E-state index in [1.807, 2.05) is 29.2 Å². The Morgan fingerprint density at radius 2 is 1.93 bits per heavy atom. The van der Waals surface area contributed by atoms with E-state index in [0.717, 1.165) is 62.3 Å². The zero-order valence-corrected chi connectivity index (χ0v) is 17.8. The lowest BCUT2D eigenvalue weighted by atomic mass is 10.1. The van der Waals surface area contributed by atoms with E-state index in [-0.39, 0.29) is 5.91 Å². The van der Waals surface area contributed by atoms with Crippen LogP contribution in [0, 0.1) is 0 Å². The van der Waals surface area contributed by atoms with Crippen molar-refractivity contribution in [3.63, 3.8) is 0 Å². The van der Waals surface area contributed by atoms with Crippen LogP contribution in [-0.4, -0.2) is 60.1 Å². The second kappa shape index (κ2) is 11.3. The minimum atomic E-state index is 0.207. The summed E-state index contributed by atoms with van der Waals surface area (Å²) in [6, 6.07) is 12.1. The fourth-order valence-corrected chi connectivity index (χ4v) is 3.86. The molecule has 2 aromatic rings. The van der Waals surface area contributed by atoms with Crippen molar-refractivity contribution in [2.75, 3.05) is 39.4 Å². The fourth-order valence-electron chi connectivity index (χ4n) is 3.41. The van der Waals surface area contributed by atoms with E-state index in [9.17, 15) is 4.79 Å². The number of ether oxygens (including phenoxy) is 1. The van der Waals surface area contributed by atoms with Gasteiger partial charge in [0.05, 0.1) is 13.2 Å². The Morgan fingerprint density at radius 1 is 1.14 bits per heavy atom. The van der Waals surface area contributed by atoms with Crippen molar-refractivity contribution in [1.29, 1.82) is 0 Å². The first-order chi connectivity index (χ1) is 13.7. The maximum atomic E-state index is 13.0. The third kappa shape index (κ3) is 7.00. The Bertz CT molecular complexity index is 736. The van der Waals surface area contributed by atoms with Crippen LogP contribution in [0.4, 0.5) is 0 Å². The zero-order chi connectivity index (χ0) is 19.6. The lowest BCUT2D eigenvalue weighted by Crippen LogP contribution is -2.39. The maximum Gasteiger partial charge on any atom is 0.223 e. The van der Waals surface area contributed by atoms with Crippen molar-refractivity contribution in [2.45, 2.75) is 25.8 Å². The number of rotatable bonds is 9. The molecule has 0 radical (unpaired) electrons. The minimum absolute atomic E-state index is 0.207. The van der Waals surface area contributed by atoms with Gasteiger partial charge in [-0.2, -0.15) is 0 Å². The number of amides is 1. The lowest BCUT2D eigenvalue weighted by molar-refractivity contribution is -0.132. The van der Waals surface area contributed by atoms with Crippen molar-refractivity contribution in [3.05, 3.63) is 64.4 Å². The quantitative estimate of drug-likeness (QED) is 0.592. The van der Waals surface area contributed by atoms with Gasteiger partial charge in [0, 0.05) is 56.0 Å². The Hall–Kier alpha value is -1.76. The Labute approximate surface area is 175 Å². The number of hydrogen-bond donors (Lipinski definition) is 0. The normalized spacial score (nSPS) is 14.8. The van der Waals surface area contributed by atoms with Gasteiger partial charge < -0.3 is 9.64 Å². The highest BCUT2D eigenvalue weighted by molar-refractivity contribution is 9.10. The van der Waals surface area contributed by atoms with Crippen LogP contribution < -0.4 is 0 Å². The first kappa shape index (κ1) is 21.0. The average molecular weight is 446 g/mol. The van der Waals surface area contributed by atoms with Gasteiger partial charge in [-0.1, -0.05) is 28.1 Å². The number of carbonyl (C=O) groups excluding carboxylic acids is 1. The first-order valence-electron chi connectivity index (χ1n) is 9.92. The highest BCUT2D eigenvalue weighted by Gasteiger charge is 2.16. The Balaban J connectivity index is 1.55. The number of halogens is 1. The molecule has 0 saturated carbocycles. The second-order valence-corrected chi connectivity index (χ2v) is 8.02. The minimum Gasteiger partial charge on any atom is -0.379 e. The fraction of sp³-hybridized carbons (Fsp3) is 0.455. The van der Waals surface area contributed by atoms with Gasteiger partial charge in [0.1, 0.15) is 0 Å². The number of nitrogens with zero attached hydrogens (tertiary/aromatic N) is 3. The van der Waals surface area contributed by atoms with Gasteiger partial charge >= 0.3 is 0 Å². The third-order valence-corrected chi connectivity index (χ3v) is 5.49. The van der Waals surface area contributed by atoms with Gasteiger partial charge in [0.2, 0.25) is 5.91 Å². The molecule has 0 aliphatic carbocycles. The van der Waals surface area contributed by atoms with Crippen LogP contribution in [0.15, 0.2) is 53.3 Å². The van der Waals surface area contributed by atoms with Gasteiger partial charge in [-0.25, -0.2) is 0 Å². The monoisotopic (exact) mass is 445 g/mol. The van der Waals surface area contributed by atoms with E-state index in [1.165, 1.54) is 5.56 Å². The van der Waals surface area contributed by atoms with Crippen LogP contribution in [-0.2, 0) is 22.5 Å². The number of pyridine rings is 1. The number of morpholine rings is 1. The molecule has 0 unspecified atom stereocenters. The molecule has 0 spiro atoms. The number of carbonyl (C=O) groups is 1. The molecule has 1 aliphatic rings. The molecule has 0 bridgehead atoms. The summed E-state index contributed by atoms with van der Waals surface area (Å²) in [6.07, 6.45) is 5.84. The van der Waals surface area contributed by atoms with Crippen LogP contribution in [0.3, 0.4) is 0 Å². The third-order valence-electron chi connectivity index (χ3n) is 5.00. The second-order valence-electron chi connectivity index (χ2n) is 7.11. The van der Waals surface area contributed by atoms with E-state index in [4.69, 9.17) is 4.74 Å². The van der Waals surface area contributed by atoms with Gasteiger partial charge in [0.25, 0.3) is 0 Å². The molecule has 1 aromatic carbocycles. The summed E-state index contributed by atoms with van der Waals surface area (Å²) >= 11 is 3.50. The van der Waals surface area contributed by atoms with E-state index < -0.39 is 0 Å². The van der Waals surface area contributed by atoms with E-state index in [0.29, 0.717) is 13.0 Å². The maximum absolute atomic E-state index is 13.0. The summed E-state index contributed by atoms with van der Waals surface area (Å²) in [5.41, 5.74) is 2.30. The van der Waals surface area contributed by atoms with Gasteiger partial charge in [-0.15, -0.1) is 0 Å². The number of hydrogen-bond acceptors (Lipinski definition) is 4. The SMILES string of the molecule is O=C(CCc1cccc(Br)c1)N(CCCN1CCOCC1)Cc1ccncc1. The molecule has 150 valence electrons. The van der Waals surface area contributed by atoms with Crippen molar-refractivity contribution in [2.24, 2.45) is 0 Å². The van der Waals surface area contributed by atoms with E-state index in [2.05, 4.69) is 37.9 Å². The Morgan fingerprint density at radius 3 is 2.68 bits per heavy atom. The molecular weight excluding hydrogens is 418 g/mol. The highest BCUT2D eigenvalue weighted by atomic mass is 79.9. The van der Waals surface area contributed by atoms with Crippen LogP contribution in [0.25, 0.3) is 0 Å². The highest BCUT2D eigenvalue weighted by Crippen LogP contribution is 2.14. The van der Waals surface area contributed by atoms with E-state index >= 15 is 0 Å². The topological polar surface area (TPSA) is 45.7 Å². The molecule has 3 rings (SSSR count). The molecule has 28 heavy (non-hydrogen) atoms.